The number of aliphatic hydroxyl groups excluding tert-OH is 3. The molecule has 0 saturated heterocycles. The van der Waals surface area contributed by atoms with Crippen molar-refractivity contribution in [3.05, 3.63) is 169 Å². The number of allylic oxidation sites excluding steroid dienone is 2. The maximum absolute atomic E-state index is 15.3. The van der Waals surface area contributed by atoms with Gasteiger partial charge < -0.3 is 38.7 Å². The van der Waals surface area contributed by atoms with Crippen molar-refractivity contribution in [3.63, 3.8) is 0 Å². The molecule has 1 spiro atoms. The van der Waals surface area contributed by atoms with Gasteiger partial charge in [0.1, 0.15) is 11.3 Å². The number of hydrogen-bond donors (Lipinski definition) is 3. The average molecular weight is 963 g/mol. The number of fused-ring (bicyclic) bond motifs is 13. The maximum Gasteiger partial charge on any atom is 0.340 e. The molecule has 11 nitrogen and oxygen atoms in total. The molecule has 11 rings (SSSR count). The minimum absolute atomic E-state index is 0.0315. The lowest BCUT2D eigenvalue weighted by Gasteiger charge is -2.53. The second-order valence-electron chi connectivity index (χ2n) is 20.7. The van der Waals surface area contributed by atoms with E-state index in [0.717, 1.165) is 49.7 Å². The van der Waals surface area contributed by atoms with E-state index >= 15 is 9.59 Å². The summed E-state index contributed by atoms with van der Waals surface area (Å²) in [5.74, 6) is -1.33. The molecule has 4 heterocycles. The Kier molecular flexibility index (Phi) is 14.5. The highest BCUT2D eigenvalue weighted by Crippen LogP contribution is 2.58. The summed E-state index contributed by atoms with van der Waals surface area (Å²) in [6.07, 6.45) is 9.75. The van der Waals surface area contributed by atoms with Crippen LogP contribution in [0, 0.1) is 17.8 Å². The van der Waals surface area contributed by atoms with E-state index in [2.05, 4.69) is 84.9 Å². The summed E-state index contributed by atoms with van der Waals surface area (Å²) >= 11 is 0. The Bertz CT molecular complexity index is 2860. The van der Waals surface area contributed by atoms with Crippen molar-refractivity contribution in [1.82, 2.24) is 0 Å². The van der Waals surface area contributed by atoms with Crippen LogP contribution in [0.2, 0.25) is 0 Å². The summed E-state index contributed by atoms with van der Waals surface area (Å²) in [4.78, 5) is 44.7. The van der Waals surface area contributed by atoms with Crippen LogP contribution in [0.3, 0.4) is 0 Å². The number of methoxy groups -OCH3 is 1. The van der Waals surface area contributed by atoms with Crippen molar-refractivity contribution in [3.8, 4) is 5.75 Å². The minimum Gasteiger partial charge on any atom is -0.482 e. The van der Waals surface area contributed by atoms with Gasteiger partial charge in [-0.3, -0.25) is 4.79 Å². The van der Waals surface area contributed by atoms with Gasteiger partial charge in [-0.05, 0) is 128 Å². The van der Waals surface area contributed by atoms with Gasteiger partial charge in [0, 0.05) is 60.3 Å². The number of aliphatic hydroxyl groups is 3. The van der Waals surface area contributed by atoms with Crippen LogP contribution in [-0.4, -0.2) is 65.9 Å². The van der Waals surface area contributed by atoms with E-state index in [9.17, 15) is 20.1 Å². The van der Waals surface area contributed by atoms with Crippen LogP contribution in [0.5, 0.6) is 5.75 Å². The van der Waals surface area contributed by atoms with Crippen molar-refractivity contribution < 1.29 is 48.3 Å². The molecule has 0 radical (unpaired) electrons. The molecule has 6 aliphatic rings. The highest BCUT2D eigenvalue weighted by atomic mass is 16.6. The summed E-state index contributed by atoms with van der Waals surface area (Å²) in [7, 11) is 1.51. The predicted octanol–water partition coefficient (Wildman–Crippen LogP) is 10.0. The van der Waals surface area contributed by atoms with Crippen LogP contribution in [-0.2, 0) is 43.2 Å². The first-order valence-electron chi connectivity index (χ1n) is 25.7. The van der Waals surface area contributed by atoms with Gasteiger partial charge in [-0.1, -0.05) is 104 Å². The van der Waals surface area contributed by atoms with Gasteiger partial charge in [0.15, 0.2) is 17.8 Å². The molecule has 9 unspecified atom stereocenters. The van der Waals surface area contributed by atoms with Gasteiger partial charge in [-0.25, -0.2) is 9.59 Å². The third-order valence-corrected chi connectivity index (χ3v) is 16.6. The fraction of sp³-hybridized carbons (Fsp3) is 0.450. The summed E-state index contributed by atoms with van der Waals surface area (Å²) < 4.78 is 33.0. The summed E-state index contributed by atoms with van der Waals surface area (Å²) in [6.45, 7) is 0.739. The smallest absolute Gasteiger partial charge is 0.340 e. The third kappa shape index (κ3) is 9.54. The number of esters is 2. The molecule has 11 heteroatoms. The molecule has 0 amide bonds. The van der Waals surface area contributed by atoms with Gasteiger partial charge in [0.25, 0.3) is 0 Å². The number of benzene rings is 4. The third-order valence-electron chi connectivity index (χ3n) is 16.6. The number of hydrogen-bond acceptors (Lipinski definition) is 11. The number of aryl methyl sites for hydroxylation is 1. The Labute approximate surface area is 415 Å². The molecule has 3 N–H and O–H groups in total. The predicted molar refractivity (Wildman–Crippen MR) is 269 cm³/mol. The van der Waals surface area contributed by atoms with Crippen molar-refractivity contribution in [2.24, 2.45) is 17.8 Å². The van der Waals surface area contributed by atoms with Crippen LogP contribution >= 0.6 is 0 Å². The van der Waals surface area contributed by atoms with Crippen molar-refractivity contribution in [1.29, 1.82) is 0 Å². The summed E-state index contributed by atoms with van der Waals surface area (Å²) in [5, 5.41) is 32.0. The zero-order valence-corrected chi connectivity index (χ0v) is 40.9. The SMILES string of the molecule is COCC(CCO)c1c(CO)c2ccc3c(c2oc1=O)C1OC(=O)CC2CC(c4cccc(Cc5ccccc5)c4)C=CC2c2ccc(cc2)CCC(=C(C)CO)C(=O)OC1C1(CCCC2CCCC21)O3. The monoisotopic (exact) mass is 962 g/mol. The highest BCUT2D eigenvalue weighted by Gasteiger charge is 2.62. The second kappa shape index (κ2) is 21.1. The Balaban J connectivity index is 1.12. The van der Waals surface area contributed by atoms with Crippen LogP contribution < -0.4 is 10.4 Å². The van der Waals surface area contributed by atoms with E-state index in [1.165, 1.54) is 23.8 Å². The lowest BCUT2D eigenvalue weighted by molar-refractivity contribution is -0.211. The zero-order valence-electron chi connectivity index (χ0n) is 40.9. The van der Waals surface area contributed by atoms with Gasteiger partial charge in [0.2, 0.25) is 0 Å². The molecule has 2 bridgehead atoms. The second-order valence-corrected chi connectivity index (χ2v) is 20.7. The molecule has 372 valence electrons. The number of ether oxygens (including phenoxy) is 4. The molecule has 2 saturated carbocycles. The first kappa shape index (κ1) is 48.8. The van der Waals surface area contributed by atoms with E-state index < -0.39 is 47.9 Å². The molecule has 71 heavy (non-hydrogen) atoms. The van der Waals surface area contributed by atoms with Crippen LogP contribution in [0.1, 0.15) is 139 Å². The molecule has 9 atom stereocenters. The summed E-state index contributed by atoms with van der Waals surface area (Å²) in [6, 6.07) is 31.1. The molecular formula is C60H66O11. The van der Waals surface area contributed by atoms with Gasteiger partial charge in [-0.15, -0.1) is 0 Å². The Hall–Kier alpha value is -5.85. The van der Waals surface area contributed by atoms with E-state index in [1.807, 2.05) is 6.07 Å². The lowest BCUT2D eigenvalue weighted by atomic mass is 9.65. The normalized spacial score (nSPS) is 27.5. The number of carbonyl (C=O) groups is 2. The summed E-state index contributed by atoms with van der Waals surface area (Å²) in [5.41, 5.74) is 5.55. The quantitative estimate of drug-likeness (QED) is 0.0529. The van der Waals surface area contributed by atoms with Gasteiger partial charge in [-0.2, -0.15) is 0 Å². The molecular weight excluding hydrogens is 897 g/mol. The van der Waals surface area contributed by atoms with Crippen molar-refractivity contribution in [2.75, 3.05) is 26.9 Å². The number of carbonyl (C=O) groups excluding carboxylic acids is 2. The zero-order chi connectivity index (χ0) is 49.2. The number of rotatable bonds is 10. The van der Waals surface area contributed by atoms with Gasteiger partial charge >= 0.3 is 17.6 Å². The molecule has 1 aromatic heterocycles. The standard InChI is InChI=1S/C60H66O11/c1-36(33-62)46-22-18-37-16-19-40(20-17-37)47-23-21-43(42-13-6-11-39(30-42)29-38-9-4-3-5-10-38)31-45(47)32-52(64)68-56-54-51(71-60(57(56)70-58(46)65)27-8-14-41-12-7-15-50(41)60)25-24-48-49(34-63)53(59(66)69-55(48)54)44(26-28-61)35-67-2/h3-6,9-11,13,16-17,19-21,23-25,30,41,43-45,47,50,56-57,61-63H,7-8,12,14-15,18,22,26-29,31-35H2,1-2H3. The molecule has 5 aromatic rings. The van der Waals surface area contributed by atoms with Crippen LogP contribution in [0.15, 0.2) is 124 Å². The van der Waals surface area contributed by atoms with Crippen molar-refractivity contribution in [2.45, 2.75) is 126 Å². The Morgan fingerprint density at radius 3 is 2.41 bits per heavy atom. The maximum atomic E-state index is 15.3. The van der Waals surface area contributed by atoms with E-state index in [1.54, 1.807) is 19.1 Å². The van der Waals surface area contributed by atoms with Crippen molar-refractivity contribution >= 4 is 22.9 Å². The van der Waals surface area contributed by atoms with Crippen LogP contribution in [0.4, 0.5) is 0 Å². The topological polar surface area (TPSA) is 162 Å². The first-order valence-corrected chi connectivity index (χ1v) is 25.7. The lowest BCUT2D eigenvalue weighted by Crippen LogP contribution is -2.62. The average Bonchev–Trinajstić information content (AvgIpc) is 3.88. The fourth-order valence-corrected chi connectivity index (χ4v) is 13.2. The fourth-order valence-electron chi connectivity index (χ4n) is 13.2. The Morgan fingerprint density at radius 2 is 1.63 bits per heavy atom. The van der Waals surface area contributed by atoms with E-state index in [4.69, 9.17) is 23.4 Å². The molecule has 3 aliphatic carbocycles. The molecule has 4 aromatic carbocycles. The van der Waals surface area contributed by atoms with Crippen LogP contribution in [0.25, 0.3) is 11.0 Å². The van der Waals surface area contributed by atoms with Gasteiger partial charge in [0.05, 0.1) is 25.4 Å². The van der Waals surface area contributed by atoms with E-state index in [0.29, 0.717) is 59.4 Å². The highest BCUT2D eigenvalue weighted by molar-refractivity contribution is 5.90. The first-order chi connectivity index (χ1) is 34.6. The largest absolute Gasteiger partial charge is 0.482 e. The molecule has 3 aliphatic heterocycles. The molecule has 2 fully saturated rings. The Morgan fingerprint density at radius 1 is 0.831 bits per heavy atom. The van der Waals surface area contributed by atoms with E-state index in [-0.39, 0.29) is 73.0 Å². The minimum atomic E-state index is -1.28.